The molecule has 0 radical (unpaired) electrons. The molecule has 2 heteroatoms. The molecule has 2 aliphatic rings. The second-order valence-electron chi connectivity index (χ2n) is 7.58. The van der Waals surface area contributed by atoms with Crippen LogP contribution in [0.5, 0.6) is 0 Å². The Morgan fingerprint density at radius 2 is 1.90 bits per heavy atom. The normalized spacial score (nSPS) is 41.5. The summed E-state index contributed by atoms with van der Waals surface area (Å²) in [5.41, 5.74) is 0. The minimum Gasteiger partial charge on any atom is -0.311 e. The largest absolute Gasteiger partial charge is 0.311 e. The van der Waals surface area contributed by atoms with Crippen LogP contribution in [0.25, 0.3) is 0 Å². The van der Waals surface area contributed by atoms with Gasteiger partial charge in [0.2, 0.25) is 0 Å². The molecule has 6 unspecified atom stereocenters. The summed E-state index contributed by atoms with van der Waals surface area (Å²) in [5.74, 6) is 2.64. The summed E-state index contributed by atoms with van der Waals surface area (Å²) in [7, 11) is 0. The summed E-state index contributed by atoms with van der Waals surface area (Å²) < 4.78 is 0. The van der Waals surface area contributed by atoms with Crippen LogP contribution in [0, 0.1) is 17.8 Å². The van der Waals surface area contributed by atoms with Gasteiger partial charge in [0.05, 0.1) is 0 Å². The highest BCUT2D eigenvalue weighted by molar-refractivity contribution is 4.93. The molecule has 2 fully saturated rings. The highest BCUT2D eigenvalue weighted by Gasteiger charge is 2.36. The van der Waals surface area contributed by atoms with Crippen molar-refractivity contribution >= 4 is 0 Å². The lowest BCUT2D eigenvalue weighted by Gasteiger charge is -2.48. The predicted molar refractivity (Wildman–Crippen MR) is 88.0 cm³/mol. The zero-order valence-electron chi connectivity index (χ0n) is 14.4. The first-order chi connectivity index (χ1) is 9.56. The van der Waals surface area contributed by atoms with Crippen LogP contribution in [0.15, 0.2) is 0 Å². The van der Waals surface area contributed by atoms with E-state index < -0.39 is 0 Å². The Morgan fingerprint density at radius 3 is 2.50 bits per heavy atom. The second-order valence-corrected chi connectivity index (χ2v) is 7.58. The Labute approximate surface area is 126 Å². The van der Waals surface area contributed by atoms with E-state index in [0.717, 1.165) is 29.8 Å². The average molecular weight is 280 g/mol. The molecule has 118 valence electrons. The van der Waals surface area contributed by atoms with E-state index in [1.54, 1.807) is 0 Å². The molecule has 2 nitrogen and oxygen atoms in total. The van der Waals surface area contributed by atoms with Crippen LogP contribution in [0.2, 0.25) is 0 Å². The SMILES string of the molecule is CCC(C)C1CN(C2CCC(C)C(C)C2)C(CC)CN1. The topological polar surface area (TPSA) is 15.3 Å². The van der Waals surface area contributed by atoms with Crippen molar-refractivity contribution in [1.29, 1.82) is 0 Å². The van der Waals surface area contributed by atoms with Crippen molar-refractivity contribution in [3.05, 3.63) is 0 Å². The van der Waals surface area contributed by atoms with Crippen LogP contribution in [-0.4, -0.2) is 36.1 Å². The monoisotopic (exact) mass is 280 g/mol. The number of hydrogen-bond acceptors (Lipinski definition) is 2. The quantitative estimate of drug-likeness (QED) is 0.840. The molecule has 6 atom stereocenters. The van der Waals surface area contributed by atoms with E-state index in [2.05, 4.69) is 44.8 Å². The lowest BCUT2D eigenvalue weighted by molar-refractivity contribution is 0.0282. The molecule has 1 aliphatic carbocycles. The Morgan fingerprint density at radius 1 is 1.15 bits per heavy atom. The summed E-state index contributed by atoms with van der Waals surface area (Å²) in [4.78, 5) is 2.88. The third-order valence-corrected chi connectivity index (χ3v) is 6.33. The first-order valence-corrected chi connectivity index (χ1v) is 9.05. The van der Waals surface area contributed by atoms with Gasteiger partial charge in [0.1, 0.15) is 0 Å². The molecular weight excluding hydrogens is 244 g/mol. The second kappa shape index (κ2) is 7.26. The maximum atomic E-state index is 3.82. The highest BCUT2D eigenvalue weighted by atomic mass is 15.3. The van der Waals surface area contributed by atoms with Crippen LogP contribution in [0.4, 0.5) is 0 Å². The maximum absolute atomic E-state index is 3.82. The van der Waals surface area contributed by atoms with E-state index in [9.17, 15) is 0 Å². The highest BCUT2D eigenvalue weighted by Crippen LogP contribution is 2.34. The number of rotatable bonds is 4. The van der Waals surface area contributed by atoms with Crippen LogP contribution in [0.1, 0.15) is 66.7 Å². The van der Waals surface area contributed by atoms with Crippen molar-refractivity contribution in [2.24, 2.45) is 17.8 Å². The van der Waals surface area contributed by atoms with Gasteiger partial charge in [-0.15, -0.1) is 0 Å². The zero-order chi connectivity index (χ0) is 14.7. The van der Waals surface area contributed by atoms with Gasteiger partial charge in [-0.1, -0.05) is 41.0 Å². The van der Waals surface area contributed by atoms with Crippen molar-refractivity contribution in [3.8, 4) is 0 Å². The van der Waals surface area contributed by atoms with Gasteiger partial charge in [-0.3, -0.25) is 4.90 Å². The Bertz CT molecular complexity index is 291. The fraction of sp³-hybridized carbons (Fsp3) is 1.00. The molecule has 0 bridgehead atoms. The van der Waals surface area contributed by atoms with Gasteiger partial charge < -0.3 is 5.32 Å². The van der Waals surface area contributed by atoms with Crippen LogP contribution in [0.3, 0.4) is 0 Å². The number of piperazine rings is 1. The van der Waals surface area contributed by atoms with Crippen molar-refractivity contribution in [2.75, 3.05) is 13.1 Å². The molecule has 1 aliphatic heterocycles. The van der Waals surface area contributed by atoms with Gasteiger partial charge in [0.25, 0.3) is 0 Å². The molecule has 1 saturated carbocycles. The predicted octanol–water partition coefficient (Wildman–Crippen LogP) is 3.91. The Hall–Kier alpha value is -0.0800. The van der Waals surface area contributed by atoms with Crippen molar-refractivity contribution in [2.45, 2.75) is 84.8 Å². The molecule has 1 N–H and O–H groups in total. The summed E-state index contributed by atoms with van der Waals surface area (Å²) in [6, 6.07) is 2.32. The smallest absolute Gasteiger partial charge is 0.0221 e. The van der Waals surface area contributed by atoms with Gasteiger partial charge in [0, 0.05) is 31.2 Å². The van der Waals surface area contributed by atoms with Gasteiger partial charge in [-0.25, -0.2) is 0 Å². The van der Waals surface area contributed by atoms with E-state index in [1.165, 1.54) is 45.2 Å². The van der Waals surface area contributed by atoms with Gasteiger partial charge in [0.15, 0.2) is 0 Å². The molecule has 0 amide bonds. The van der Waals surface area contributed by atoms with Gasteiger partial charge in [-0.2, -0.15) is 0 Å². The molecular formula is C18H36N2. The Balaban J connectivity index is 2.01. The molecule has 0 spiro atoms. The number of nitrogens with one attached hydrogen (secondary N) is 1. The van der Waals surface area contributed by atoms with E-state index in [1.807, 2.05) is 0 Å². The summed E-state index contributed by atoms with van der Waals surface area (Å²) in [5, 5.41) is 3.82. The van der Waals surface area contributed by atoms with Crippen LogP contribution < -0.4 is 5.32 Å². The van der Waals surface area contributed by atoms with Crippen molar-refractivity contribution in [1.82, 2.24) is 10.2 Å². The van der Waals surface area contributed by atoms with Gasteiger partial charge >= 0.3 is 0 Å². The number of nitrogens with zero attached hydrogens (tertiary/aromatic N) is 1. The van der Waals surface area contributed by atoms with E-state index >= 15 is 0 Å². The molecule has 2 rings (SSSR count). The van der Waals surface area contributed by atoms with E-state index in [4.69, 9.17) is 0 Å². The van der Waals surface area contributed by atoms with Crippen molar-refractivity contribution in [3.63, 3.8) is 0 Å². The van der Waals surface area contributed by atoms with Crippen LogP contribution in [-0.2, 0) is 0 Å². The third kappa shape index (κ3) is 3.57. The zero-order valence-corrected chi connectivity index (χ0v) is 14.4. The van der Waals surface area contributed by atoms with Crippen LogP contribution >= 0.6 is 0 Å². The molecule has 1 saturated heterocycles. The first-order valence-electron chi connectivity index (χ1n) is 9.05. The van der Waals surface area contributed by atoms with Gasteiger partial charge in [-0.05, 0) is 43.4 Å². The summed E-state index contributed by atoms with van der Waals surface area (Å²) in [6.07, 6.45) is 6.86. The summed E-state index contributed by atoms with van der Waals surface area (Å²) in [6.45, 7) is 14.5. The lowest BCUT2D eigenvalue weighted by atomic mass is 9.77. The molecule has 0 aromatic heterocycles. The average Bonchev–Trinajstić information content (AvgIpc) is 2.48. The fourth-order valence-electron chi connectivity index (χ4n) is 4.16. The third-order valence-electron chi connectivity index (χ3n) is 6.33. The molecule has 1 heterocycles. The first kappa shape index (κ1) is 16.3. The summed E-state index contributed by atoms with van der Waals surface area (Å²) >= 11 is 0. The molecule has 0 aromatic carbocycles. The van der Waals surface area contributed by atoms with E-state index in [0.29, 0.717) is 6.04 Å². The standard InChI is InChI=1S/C18H36N2/c1-6-13(3)18-12-20(16(7-2)11-19-18)17-9-8-14(4)15(5)10-17/h13-19H,6-12H2,1-5H3. The van der Waals surface area contributed by atoms with Crippen molar-refractivity contribution < 1.29 is 0 Å². The maximum Gasteiger partial charge on any atom is 0.0221 e. The fourth-order valence-corrected chi connectivity index (χ4v) is 4.16. The van der Waals surface area contributed by atoms with E-state index in [-0.39, 0.29) is 0 Å². The lowest BCUT2D eigenvalue weighted by Crippen LogP contribution is -2.61. The minimum absolute atomic E-state index is 0.706. The number of hydrogen-bond donors (Lipinski definition) is 1. The minimum atomic E-state index is 0.706. The molecule has 0 aromatic rings. The Kier molecular flexibility index (Phi) is 5.92. The molecule has 20 heavy (non-hydrogen) atoms.